The molecule has 28 heavy (non-hydrogen) atoms. The Bertz CT molecular complexity index is 975. The van der Waals surface area contributed by atoms with E-state index < -0.39 is 17.6 Å². The summed E-state index contributed by atoms with van der Waals surface area (Å²) in [5.74, 6) is 0.196. The van der Waals surface area contributed by atoms with E-state index in [0.717, 1.165) is 12.1 Å². The van der Waals surface area contributed by atoms with Crippen molar-refractivity contribution in [2.75, 3.05) is 17.7 Å². The van der Waals surface area contributed by atoms with Crippen molar-refractivity contribution in [1.82, 2.24) is 9.97 Å². The van der Waals surface area contributed by atoms with E-state index in [1.54, 1.807) is 31.4 Å². The molecular weight excluding hydrogens is 373 g/mol. The molecule has 9 heteroatoms. The molecule has 0 aliphatic rings. The number of benzene rings is 2. The van der Waals surface area contributed by atoms with E-state index in [-0.39, 0.29) is 17.3 Å². The second-order valence-corrected chi connectivity index (χ2v) is 5.65. The summed E-state index contributed by atoms with van der Waals surface area (Å²) >= 11 is 0. The minimum Gasteiger partial charge on any atom is -0.497 e. The second kappa shape index (κ2) is 7.95. The standard InChI is InChI=1S/C19H15F3N4O2/c1-28-15-7-5-13(6-8-15)25-18-23-10-9-16(26-18)17(27)24-14-4-2-3-12(11-14)19(20,21)22/h2-11H,1H3,(H,24,27)(H,23,25,26). The Kier molecular flexibility index (Phi) is 5.44. The molecule has 0 unspecified atom stereocenters. The highest BCUT2D eigenvalue weighted by Crippen LogP contribution is 2.30. The van der Waals surface area contributed by atoms with E-state index in [1.807, 2.05) is 0 Å². The molecule has 1 heterocycles. The van der Waals surface area contributed by atoms with Crippen LogP contribution in [0.15, 0.2) is 60.8 Å². The first-order valence-electron chi connectivity index (χ1n) is 8.08. The normalized spacial score (nSPS) is 11.0. The number of amides is 1. The van der Waals surface area contributed by atoms with Crippen LogP contribution in [0.1, 0.15) is 16.1 Å². The zero-order valence-electron chi connectivity index (χ0n) is 14.6. The van der Waals surface area contributed by atoms with Crippen LogP contribution in [-0.4, -0.2) is 23.0 Å². The average molecular weight is 388 g/mol. The van der Waals surface area contributed by atoms with Crippen molar-refractivity contribution in [1.29, 1.82) is 0 Å². The summed E-state index contributed by atoms with van der Waals surface area (Å²) in [6.45, 7) is 0. The van der Waals surface area contributed by atoms with Gasteiger partial charge in [0.1, 0.15) is 11.4 Å². The van der Waals surface area contributed by atoms with E-state index in [9.17, 15) is 18.0 Å². The number of halogens is 3. The highest BCUT2D eigenvalue weighted by molar-refractivity contribution is 6.03. The molecule has 0 fully saturated rings. The molecule has 0 bridgehead atoms. The summed E-state index contributed by atoms with van der Waals surface area (Å²) in [4.78, 5) is 20.5. The van der Waals surface area contributed by atoms with Crippen molar-refractivity contribution in [2.24, 2.45) is 0 Å². The SMILES string of the molecule is COc1ccc(Nc2nccc(C(=O)Nc3cccc(C(F)(F)F)c3)n2)cc1. The van der Waals surface area contributed by atoms with Gasteiger partial charge in [0.2, 0.25) is 5.95 Å². The van der Waals surface area contributed by atoms with Crippen molar-refractivity contribution in [3.8, 4) is 5.75 Å². The van der Waals surface area contributed by atoms with Gasteiger partial charge in [-0.25, -0.2) is 9.97 Å². The van der Waals surface area contributed by atoms with E-state index in [0.29, 0.717) is 11.4 Å². The van der Waals surface area contributed by atoms with E-state index in [1.165, 1.54) is 24.4 Å². The quantitative estimate of drug-likeness (QED) is 0.673. The molecular formula is C19H15F3N4O2. The van der Waals surface area contributed by atoms with Crippen molar-refractivity contribution >= 4 is 23.2 Å². The van der Waals surface area contributed by atoms with Crippen LogP contribution in [0.4, 0.5) is 30.5 Å². The number of hydrogen-bond donors (Lipinski definition) is 2. The molecule has 0 aliphatic carbocycles. The monoisotopic (exact) mass is 388 g/mol. The van der Waals surface area contributed by atoms with Gasteiger partial charge < -0.3 is 15.4 Å². The summed E-state index contributed by atoms with van der Waals surface area (Å²) in [6, 6.07) is 12.7. The van der Waals surface area contributed by atoms with Crippen molar-refractivity contribution in [3.05, 3.63) is 72.1 Å². The molecule has 0 spiro atoms. The lowest BCUT2D eigenvalue weighted by Crippen LogP contribution is -2.15. The lowest BCUT2D eigenvalue weighted by molar-refractivity contribution is -0.137. The van der Waals surface area contributed by atoms with Crippen LogP contribution in [0.3, 0.4) is 0 Å². The number of carbonyl (C=O) groups is 1. The first-order chi connectivity index (χ1) is 13.3. The number of rotatable bonds is 5. The highest BCUT2D eigenvalue weighted by Gasteiger charge is 2.30. The molecule has 0 radical (unpaired) electrons. The van der Waals surface area contributed by atoms with Crippen molar-refractivity contribution in [3.63, 3.8) is 0 Å². The van der Waals surface area contributed by atoms with Crippen molar-refractivity contribution in [2.45, 2.75) is 6.18 Å². The predicted molar refractivity (Wildman–Crippen MR) is 97.7 cm³/mol. The Morgan fingerprint density at radius 2 is 1.79 bits per heavy atom. The first kappa shape index (κ1) is 19.2. The number of nitrogens with zero attached hydrogens (tertiary/aromatic N) is 2. The van der Waals surface area contributed by atoms with Crippen LogP contribution in [0, 0.1) is 0 Å². The third kappa shape index (κ3) is 4.76. The molecule has 2 N–H and O–H groups in total. The van der Waals surface area contributed by atoms with Crippen molar-refractivity contribution < 1.29 is 22.7 Å². The van der Waals surface area contributed by atoms with Gasteiger partial charge in [0.25, 0.3) is 5.91 Å². The number of carbonyl (C=O) groups excluding carboxylic acids is 1. The molecule has 144 valence electrons. The maximum Gasteiger partial charge on any atom is 0.416 e. The number of methoxy groups -OCH3 is 1. The zero-order valence-corrected chi connectivity index (χ0v) is 14.6. The van der Waals surface area contributed by atoms with Gasteiger partial charge >= 0.3 is 6.18 Å². The van der Waals surface area contributed by atoms with E-state index >= 15 is 0 Å². The highest BCUT2D eigenvalue weighted by atomic mass is 19.4. The van der Waals surface area contributed by atoms with Gasteiger partial charge in [-0.1, -0.05) is 6.07 Å². The molecule has 0 atom stereocenters. The summed E-state index contributed by atoms with van der Waals surface area (Å²) in [7, 11) is 1.55. The van der Waals surface area contributed by atoms with E-state index in [2.05, 4.69) is 20.6 Å². The average Bonchev–Trinajstić information content (AvgIpc) is 2.68. The first-order valence-corrected chi connectivity index (χ1v) is 8.08. The summed E-state index contributed by atoms with van der Waals surface area (Å²) in [6.07, 6.45) is -3.12. The zero-order chi connectivity index (χ0) is 20.1. The van der Waals surface area contributed by atoms with Crippen LogP contribution in [-0.2, 0) is 6.18 Å². The second-order valence-electron chi connectivity index (χ2n) is 5.65. The van der Waals surface area contributed by atoms with Gasteiger partial charge in [-0.05, 0) is 48.5 Å². The van der Waals surface area contributed by atoms with Crippen LogP contribution < -0.4 is 15.4 Å². The topological polar surface area (TPSA) is 76.1 Å². The molecule has 6 nitrogen and oxygen atoms in total. The molecule has 2 aromatic carbocycles. The third-order valence-electron chi connectivity index (χ3n) is 3.68. The Labute approximate surface area is 158 Å². The van der Waals surface area contributed by atoms with Gasteiger partial charge in [0.15, 0.2) is 0 Å². The van der Waals surface area contributed by atoms with Gasteiger partial charge in [0.05, 0.1) is 12.7 Å². The largest absolute Gasteiger partial charge is 0.497 e. The van der Waals surface area contributed by atoms with E-state index in [4.69, 9.17) is 4.74 Å². The van der Waals surface area contributed by atoms with Crippen LogP contribution in [0.25, 0.3) is 0 Å². The number of hydrogen-bond acceptors (Lipinski definition) is 5. The maximum atomic E-state index is 12.8. The molecule has 0 saturated heterocycles. The number of aromatic nitrogens is 2. The molecule has 1 aromatic heterocycles. The molecule has 1 amide bonds. The number of ether oxygens (including phenoxy) is 1. The fraction of sp³-hybridized carbons (Fsp3) is 0.105. The van der Waals surface area contributed by atoms with Crippen LogP contribution in [0.5, 0.6) is 5.75 Å². The molecule has 3 rings (SSSR count). The fourth-order valence-electron chi connectivity index (χ4n) is 2.32. The number of nitrogens with one attached hydrogen (secondary N) is 2. The minimum absolute atomic E-state index is 0.00317. The molecule has 3 aromatic rings. The Morgan fingerprint density at radius 3 is 2.46 bits per heavy atom. The summed E-state index contributed by atoms with van der Waals surface area (Å²) in [5, 5.41) is 5.34. The lowest BCUT2D eigenvalue weighted by Gasteiger charge is -2.10. The fourth-order valence-corrected chi connectivity index (χ4v) is 2.32. The lowest BCUT2D eigenvalue weighted by atomic mass is 10.2. The maximum absolute atomic E-state index is 12.8. The van der Waals surface area contributed by atoms with Crippen LogP contribution >= 0.6 is 0 Å². The van der Waals surface area contributed by atoms with Crippen LogP contribution in [0.2, 0.25) is 0 Å². The summed E-state index contributed by atoms with van der Waals surface area (Å²) < 4.78 is 43.4. The minimum atomic E-state index is -4.49. The van der Waals surface area contributed by atoms with Gasteiger partial charge in [-0.15, -0.1) is 0 Å². The Hall–Kier alpha value is -3.62. The van der Waals surface area contributed by atoms with Gasteiger partial charge in [-0.2, -0.15) is 13.2 Å². The Balaban J connectivity index is 1.73. The predicted octanol–water partition coefficient (Wildman–Crippen LogP) is 4.50. The molecule has 0 saturated carbocycles. The number of alkyl halides is 3. The van der Waals surface area contributed by atoms with Gasteiger partial charge in [0, 0.05) is 17.6 Å². The Morgan fingerprint density at radius 1 is 1.04 bits per heavy atom. The smallest absolute Gasteiger partial charge is 0.416 e. The number of anilines is 3. The molecule has 0 aliphatic heterocycles. The summed E-state index contributed by atoms with van der Waals surface area (Å²) in [5.41, 5.74) is -0.155. The van der Waals surface area contributed by atoms with Gasteiger partial charge in [-0.3, -0.25) is 4.79 Å². The third-order valence-corrected chi connectivity index (χ3v) is 3.68.